The molecule has 2 aromatic carbocycles. The van der Waals surface area contributed by atoms with Gasteiger partial charge < -0.3 is 14.8 Å². The number of benzene rings is 2. The first-order chi connectivity index (χ1) is 14.5. The normalized spacial score (nSPS) is 14.8. The molecule has 0 aliphatic carbocycles. The maximum Gasteiger partial charge on any atom is 0.255 e. The second-order valence-electron chi connectivity index (χ2n) is 7.15. The van der Waals surface area contributed by atoms with Crippen molar-refractivity contribution in [1.82, 2.24) is 4.98 Å². The van der Waals surface area contributed by atoms with Crippen molar-refractivity contribution < 1.29 is 14.3 Å². The lowest BCUT2D eigenvalue weighted by Crippen LogP contribution is -2.13. The molecule has 0 saturated heterocycles. The Hall–Kier alpha value is -2.51. The van der Waals surface area contributed by atoms with Gasteiger partial charge in [-0.15, -0.1) is 23.1 Å². The highest BCUT2D eigenvalue weighted by atomic mass is 32.2. The van der Waals surface area contributed by atoms with Crippen LogP contribution in [0.25, 0.3) is 0 Å². The fourth-order valence-corrected chi connectivity index (χ4v) is 4.85. The summed E-state index contributed by atoms with van der Waals surface area (Å²) < 4.78 is 11.6. The molecular formula is C23H24N2O3S2. The number of hydrogen-bond acceptors (Lipinski definition) is 6. The van der Waals surface area contributed by atoms with Crippen LogP contribution in [0.2, 0.25) is 0 Å². The summed E-state index contributed by atoms with van der Waals surface area (Å²) in [7, 11) is 0. The number of aromatic nitrogens is 1. The Morgan fingerprint density at radius 2 is 2.13 bits per heavy atom. The Labute approximate surface area is 184 Å². The van der Waals surface area contributed by atoms with Crippen molar-refractivity contribution in [2.24, 2.45) is 0 Å². The Bertz CT molecular complexity index is 1050. The molecule has 30 heavy (non-hydrogen) atoms. The van der Waals surface area contributed by atoms with E-state index in [0.29, 0.717) is 23.6 Å². The first-order valence-corrected chi connectivity index (χ1v) is 11.8. The van der Waals surface area contributed by atoms with Crippen LogP contribution >= 0.6 is 23.1 Å². The summed E-state index contributed by atoms with van der Waals surface area (Å²) in [5, 5.41) is 6.14. The number of rotatable bonds is 7. The van der Waals surface area contributed by atoms with Crippen LogP contribution in [0.3, 0.4) is 0 Å². The molecule has 2 heterocycles. The van der Waals surface area contributed by atoms with Crippen molar-refractivity contribution in [2.75, 3.05) is 11.9 Å². The van der Waals surface area contributed by atoms with E-state index in [0.717, 1.165) is 39.1 Å². The van der Waals surface area contributed by atoms with Gasteiger partial charge in [-0.3, -0.25) is 4.79 Å². The van der Waals surface area contributed by atoms with Crippen molar-refractivity contribution in [3.63, 3.8) is 0 Å². The smallest absolute Gasteiger partial charge is 0.255 e. The van der Waals surface area contributed by atoms with Gasteiger partial charge in [0.1, 0.15) is 17.6 Å². The largest absolute Gasteiger partial charge is 0.492 e. The second kappa shape index (κ2) is 9.10. The number of ether oxygens (including phenoxy) is 2. The third-order valence-electron chi connectivity index (χ3n) is 4.72. The Kier molecular flexibility index (Phi) is 6.29. The molecule has 0 fully saturated rings. The van der Waals surface area contributed by atoms with Crippen LogP contribution in [0.5, 0.6) is 11.5 Å². The number of anilines is 1. The van der Waals surface area contributed by atoms with Gasteiger partial charge in [-0.25, -0.2) is 4.98 Å². The Morgan fingerprint density at radius 1 is 1.33 bits per heavy atom. The van der Waals surface area contributed by atoms with E-state index in [-0.39, 0.29) is 12.0 Å². The van der Waals surface area contributed by atoms with E-state index in [4.69, 9.17) is 9.47 Å². The van der Waals surface area contributed by atoms with E-state index < -0.39 is 0 Å². The van der Waals surface area contributed by atoms with Crippen LogP contribution in [-0.4, -0.2) is 23.6 Å². The van der Waals surface area contributed by atoms with Crippen LogP contribution in [-0.2, 0) is 12.2 Å². The van der Waals surface area contributed by atoms with E-state index in [1.807, 2.05) is 57.2 Å². The number of carbonyl (C=O) groups excluding carboxylic acids is 1. The monoisotopic (exact) mass is 440 g/mol. The third-order valence-corrected chi connectivity index (χ3v) is 6.58. The highest BCUT2D eigenvalue weighted by Gasteiger charge is 2.22. The molecule has 1 N–H and O–H groups in total. The van der Waals surface area contributed by atoms with Crippen molar-refractivity contribution in [1.29, 1.82) is 0 Å². The van der Waals surface area contributed by atoms with E-state index in [1.165, 1.54) is 0 Å². The van der Waals surface area contributed by atoms with Gasteiger partial charge in [0.25, 0.3) is 5.91 Å². The van der Waals surface area contributed by atoms with Crippen LogP contribution in [0.15, 0.2) is 46.7 Å². The SMILES string of the molecule is CCOc1cc2c(cc1NC(=O)c1ccc(SCc3csc(C)n3)cc1)OC(C)C2. The molecule has 0 bridgehead atoms. The molecule has 7 heteroatoms. The zero-order chi connectivity index (χ0) is 21.1. The first-order valence-electron chi connectivity index (χ1n) is 9.93. The molecule has 0 spiro atoms. The van der Waals surface area contributed by atoms with E-state index in [1.54, 1.807) is 23.1 Å². The lowest BCUT2D eigenvalue weighted by molar-refractivity contribution is 0.102. The molecule has 4 rings (SSSR count). The zero-order valence-electron chi connectivity index (χ0n) is 17.2. The molecule has 1 aromatic heterocycles. The summed E-state index contributed by atoms with van der Waals surface area (Å²) in [4.78, 5) is 18.4. The topological polar surface area (TPSA) is 60.5 Å². The molecule has 1 amide bonds. The van der Waals surface area contributed by atoms with Crippen molar-refractivity contribution in [3.05, 3.63) is 63.6 Å². The van der Waals surface area contributed by atoms with E-state index in [2.05, 4.69) is 15.7 Å². The molecule has 5 nitrogen and oxygen atoms in total. The van der Waals surface area contributed by atoms with Crippen molar-refractivity contribution in [2.45, 2.75) is 43.9 Å². The van der Waals surface area contributed by atoms with Gasteiger partial charge in [-0.1, -0.05) is 0 Å². The Morgan fingerprint density at radius 3 is 2.83 bits per heavy atom. The lowest BCUT2D eigenvalue weighted by Gasteiger charge is -2.14. The predicted molar refractivity (Wildman–Crippen MR) is 122 cm³/mol. The number of amides is 1. The van der Waals surface area contributed by atoms with Crippen LogP contribution in [0, 0.1) is 6.92 Å². The number of thioether (sulfide) groups is 1. The molecule has 1 aliphatic rings. The van der Waals surface area contributed by atoms with Gasteiger partial charge in [0, 0.05) is 39.6 Å². The summed E-state index contributed by atoms with van der Waals surface area (Å²) in [6.45, 7) is 6.51. The molecular weight excluding hydrogens is 416 g/mol. The molecule has 1 unspecified atom stereocenters. The third kappa shape index (κ3) is 4.79. The van der Waals surface area contributed by atoms with Gasteiger partial charge in [-0.05, 0) is 51.1 Å². The fourth-order valence-electron chi connectivity index (χ4n) is 3.34. The molecule has 3 aromatic rings. The maximum absolute atomic E-state index is 12.8. The predicted octanol–water partition coefficient (Wildman–Crippen LogP) is 5.72. The molecule has 1 atom stereocenters. The number of fused-ring (bicyclic) bond motifs is 1. The minimum Gasteiger partial charge on any atom is -0.492 e. The standard InChI is InChI=1S/C23H24N2O3S2/c1-4-27-22-10-17-9-14(2)28-21(17)11-20(22)25-23(26)16-5-7-19(8-6-16)30-13-18-12-29-15(3)24-18/h5-8,10-12,14H,4,9,13H2,1-3H3,(H,25,26). The Balaban J connectivity index is 1.44. The van der Waals surface area contributed by atoms with E-state index in [9.17, 15) is 4.79 Å². The van der Waals surface area contributed by atoms with Gasteiger partial charge in [0.15, 0.2) is 0 Å². The average Bonchev–Trinajstić information content (AvgIpc) is 3.31. The first kappa shape index (κ1) is 20.8. The van der Waals surface area contributed by atoms with Gasteiger partial charge in [-0.2, -0.15) is 0 Å². The highest BCUT2D eigenvalue weighted by Crippen LogP contribution is 2.38. The van der Waals surface area contributed by atoms with Crippen LogP contribution in [0.4, 0.5) is 5.69 Å². The number of nitrogens with zero attached hydrogens (tertiary/aromatic N) is 1. The van der Waals surface area contributed by atoms with Gasteiger partial charge in [0.2, 0.25) is 0 Å². The van der Waals surface area contributed by atoms with Crippen molar-refractivity contribution in [3.8, 4) is 11.5 Å². The number of nitrogens with one attached hydrogen (secondary N) is 1. The minimum atomic E-state index is -0.173. The molecule has 1 aliphatic heterocycles. The average molecular weight is 441 g/mol. The van der Waals surface area contributed by atoms with Gasteiger partial charge in [0.05, 0.1) is 23.0 Å². The van der Waals surface area contributed by atoms with Crippen LogP contribution < -0.4 is 14.8 Å². The number of hydrogen-bond donors (Lipinski definition) is 1. The summed E-state index contributed by atoms with van der Waals surface area (Å²) in [5.41, 5.74) is 3.43. The molecule has 0 radical (unpaired) electrons. The highest BCUT2D eigenvalue weighted by molar-refractivity contribution is 7.98. The maximum atomic E-state index is 12.8. The summed E-state index contributed by atoms with van der Waals surface area (Å²) in [6.07, 6.45) is 0.988. The zero-order valence-corrected chi connectivity index (χ0v) is 18.9. The summed E-state index contributed by atoms with van der Waals surface area (Å²) in [6, 6.07) is 11.5. The molecule has 156 valence electrons. The quantitative estimate of drug-likeness (QED) is 0.476. The fraction of sp³-hybridized carbons (Fsp3) is 0.304. The van der Waals surface area contributed by atoms with E-state index >= 15 is 0 Å². The molecule has 0 saturated carbocycles. The lowest BCUT2D eigenvalue weighted by atomic mass is 10.1. The number of aryl methyl sites for hydroxylation is 1. The minimum absolute atomic E-state index is 0.138. The van der Waals surface area contributed by atoms with Crippen molar-refractivity contribution >= 4 is 34.7 Å². The summed E-state index contributed by atoms with van der Waals surface area (Å²) >= 11 is 3.37. The summed E-state index contributed by atoms with van der Waals surface area (Å²) in [5.74, 6) is 2.13. The number of thiazole rings is 1. The second-order valence-corrected chi connectivity index (χ2v) is 9.26. The number of carbonyl (C=O) groups is 1. The van der Waals surface area contributed by atoms with Gasteiger partial charge >= 0.3 is 0 Å². The van der Waals surface area contributed by atoms with Crippen LogP contribution in [0.1, 0.15) is 40.5 Å².